The van der Waals surface area contributed by atoms with Gasteiger partial charge in [-0.25, -0.2) is 5.11 Å². The molecule has 1 saturated heterocycles. The maximum Gasteiger partial charge on any atom is 0.401 e. The first kappa shape index (κ1) is 11.7. The normalized spacial score (nSPS) is 21.4. The van der Waals surface area contributed by atoms with E-state index in [1.54, 1.807) is 0 Å². The van der Waals surface area contributed by atoms with Crippen molar-refractivity contribution in [1.29, 1.82) is 0 Å². The van der Waals surface area contributed by atoms with Gasteiger partial charge in [0.2, 0.25) is 0 Å². The standard InChI is InChI=1S/C8H14F3N2O/c9-8(10,11)7-13-3-1-12(2-4-13)5-6-14/h1-7H2. The van der Waals surface area contributed by atoms with Gasteiger partial charge in [0, 0.05) is 32.7 Å². The lowest BCUT2D eigenvalue weighted by molar-refractivity contribution is -0.149. The predicted molar refractivity (Wildman–Crippen MR) is 44.5 cm³/mol. The molecular weight excluding hydrogens is 197 g/mol. The Morgan fingerprint density at radius 2 is 1.50 bits per heavy atom. The number of hydrogen-bond acceptors (Lipinski definition) is 2. The zero-order valence-corrected chi connectivity index (χ0v) is 7.89. The molecule has 14 heavy (non-hydrogen) atoms. The monoisotopic (exact) mass is 211 g/mol. The fourth-order valence-electron chi connectivity index (χ4n) is 1.55. The molecule has 0 bridgehead atoms. The summed E-state index contributed by atoms with van der Waals surface area (Å²) < 4.78 is 35.9. The fourth-order valence-corrected chi connectivity index (χ4v) is 1.55. The molecule has 0 unspecified atom stereocenters. The van der Waals surface area contributed by atoms with Gasteiger partial charge in [-0.3, -0.25) is 9.80 Å². The minimum Gasteiger partial charge on any atom is -0.298 e. The first-order valence-corrected chi connectivity index (χ1v) is 4.61. The lowest BCUT2D eigenvalue weighted by Crippen LogP contribution is -2.49. The third-order valence-corrected chi connectivity index (χ3v) is 2.28. The average Bonchev–Trinajstić information content (AvgIpc) is 2.06. The average molecular weight is 211 g/mol. The molecule has 1 aliphatic heterocycles. The number of nitrogens with zero attached hydrogens (tertiary/aromatic N) is 2. The largest absolute Gasteiger partial charge is 0.401 e. The van der Waals surface area contributed by atoms with Crippen LogP contribution in [-0.2, 0) is 5.11 Å². The summed E-state index contributed by atoms with van der Waals surface area (Å²) in [5, 5.41) is 10.3. The van der Waals surface area contributed by atoms with Crippen molar-refractivity contribution in [2.24, 2.45) is 0 Å². The number of alkyl halides is 3. The molecule has 0 atom stereocenters. The minimum absolute atomic E-state index is 0.181. The molecule has 1 rings (SSSR count). The van der Waals surface area contributed by atoms with Crippen LogP contribution >= 0.6 is 0 Å². The molecular formula is C8H14F3N2O. The molecule has 1 fully saturated rings. The summed E-state index contributed by atoms with van der Waals surface area (Å²) in [6.45, 7) is 1.37. The molecule has 0 amide bonds. The third kappa shape index (κ3) is 4.26. The van der Waals surface area contributed by atoms with Crippen molar-refractivity contribution in [2.75, 3.05) is 45.9 Å². The van der Waals surface area contributed by atoms with E-state index >= 15 is 0 Å². The van der Waals surface area contributed by atoms with Gasteiger partial charge in [-0.2, -0.15) is 13.2 Å². The summed E-state index contributed by atoms with van der Waals surface area (Å²) in [7, 11) is 0. The Morgan fingerprint density at radius 3 is 1.93 bits per heavy atom. The summed E-state index contributed by atoms with van der Waals surface area (Å²) in [6, 6.07) is 0. The number of piperazine rings is 1. The molecule has 1 radical (unpaired) electrons. The minimum atomic E-state index is -4.11. The first-order valence-electron chi connectivity index (χ1n) is 4.61. The van der Waals surface area contributed by atoms with Gasteiger partial charge in [-0.15, -0.1) is 0 Å². The lowest BCUT2D eigenvalue weighted by Gasteiger charge is -2.34. The van der Waals surface area contributed by atoms with Crippen LogP contribution < -0.4 is 0 Å². The molecule has 0 aliphatic carbocycles. The quantitative estimate of drug-likeness (QED) is 0.683. The molecule has 1 heterocycles. The van der Waals surface area contributed by atoms with Crippen molar-refractivity contribution >= 4 is 0 Å². The van der Waals surface area contributed by atoms with Gasteiger partial charge >= 0.3 is 6.18 Å². The van der Waals surface area contributed by atoms with Crippen LogP contribution in [0.5, 0.6) is 0 Å². The van der Waals surface area contributed by atoms with Gasteiger partial charge < -0.3 is 0 Å². The van der Waals surface area contributed by atoms with Crippen molar-refractivity contribution in [2.45, 2.75) is 6.18 Å². The molecule has 0 spiro atoms. The Hall–Kier alpha value is -0.330. The summed E-state index contributed by atoms with van der Waals surface area (Å²) in [5.41, 5.74) is 0. The van der Waals surface area contributed by atoms with Crippen molar-refractivity contribution in [3.8, 4) is 0 Å². The summed E-state index contributed by atoms with van der Waals surface area (Å²) in [4.78, 5) is 3.28. The number of rotatable bonds is 3. The second-order valence-electron chi connectivity index (χ2n) is 3.44. The van der Waals surface area contributed by atoms with Gasteiger partial charge in [0.15, 0.2) is 0 Å². The van der Waals surface area contributed by atoms with Crippen molar-refractivity contribution in [3.63, 3.8) is 0 Å². The summed E-state index contributed by atoms with van der Waals surface area (Å²) in [6.07, 6.45) is -4.11. The van der Waals surface area contributed by atoms with Gasteiger partial charge in [0.25, 0.3) is 0 Å². The van der Waals surface area contributed by atoms with E-state index in [9.17, 15) is 18.3 Å². The Bertz CT molecular complexity index is 166. The van der Waals surface area contributed by atoms with Crippen LogP contribution in [0.25, 0.3) is 0 Å². The summed E-state index contributed by atoms with van der Waals surface area (Å²) in [5.74, 6) is 0. The highest BCUT2D eigenvalue weighted by molar-refractivity contribution is 4.73. The predicted octanol–water partition coefficient (Wildman–Crippen LogP) is 0.597. The second kappa shape index (κ2) is 4.95. The second-order valence-corrected chi connectivity index (χ2v) is 3.44. The topological polar surface area (TPSA) is 26.4 Å². The van der Waals surface area contributed by atoms with Crippen LogP contribution in [0.1, 0.15) is 0 Å². The van der Waals surface area contributed by atoms with Crippen LogP contribution in [0, 0.1) is 0 Å². The number of halogens is 3. The third-order valence-electron chi connectivity index (χ3n) is 2.28. The van der Waals surface area contributed by atoms with Crippen LogP contribution in [-0.4, -0.2) is 61.9 Å². The Labute approximate surface area is 81.1 Å². The zero-order valence-electron chi connectivity index (χ0n) is 7.89. The Morgan fingerprint density at radius 1 is 1.00 bits per heavy atom. The zero-order chi connectivity index (χ0) is 10.6. The van der Waals surface area contributed by atoms with Crippen LogP contribution in [0.3, 0.4) is 0 Å². The van der Waals surface area contributed by atoms with E-state index in [4.69, 9.17) is 0 Å². The van der Waals surface area contributed by atoms with Crippen LogP contribution in [0.15, 0.2) is 0 Å². The molecule has 0 saturated carbocycles. The molecule has 0 N–H and O–H groups in total. The molecule has 0 aromatic heterocycles. The fraction of sp³-hybridized carbons (Fsp3) is 1.00. The molecule has 0 aromatic carbocycles. The molecule has 0 aromatic rings. The van der Waals surface area contributed by atoms with E-state index < -0.39 is 12.7 Å². The molecule has 83 valence electrons. The van der Waals surface area contributed by atoms with Gasteiger partial charge in [0.05, 0.1) is 13.2 Å². The van der Waals surface area contributed by atoms with Crippen molar-refractivity contribution in [1.82, 2.24) is 9.80 Å². The van der Waals surface area contributed by atoms with Gasteiger partial charge in [-0.1, -0.05) is 0 Å². The van der Waals surface area contributed by atoms with E-state index in [1.807, 2.05) is 4.90 Å². The van der Waals surface area contributed by atoms with E-state index in [0.717, 1.165) is 0 Å². The highest BCUT2D eigenvalue weighted by Gasteiger charge is 2.31. The van der Waals surface area contributed by atoms with Gasteiger partial charge in [-0.05, 0) is 0 Å². The smallest absolute Gasteiger partial charge is 0.298 e. The number of hydrogen-bond donors (Lipinski definition) is 0. The van der Waals surface area contributed by atoms with E-state index in [0.29, 0.717) is 32.7 Å². The molecule has 1 aliphatic rings. The van der Waals surface area contributed by atoms with Crippen molar-refractivity contribution in [3.05, 3.63) is 0 Å². The lowest BCUT2D eigenvalue weighted by atomic mass is 10.3. The van der Waals surface area contributed by atoms with E-state index in [1.165, 1.54) is 4.90 Å². The Kier molecular flexibility index (Phi) is 4.15. The maximum atomic E-state index is 12.0. The highest BCUT2D eigenvalue weighted by Crippen LogP contribution is 2.17. The van der Waals surface area contributed by atoms with E-state index in [2.05, 4.69) is 0 Å². The maximum absolute atomic E-state index is 12.0. The van der Waals surface area contributed by atoms with Crippen LogP contribution in [0.2, 0.25) is 0 Å². The summed E-state index contributed by atoms with van der Waals surface area (Å²) >= 11 is 0. The van der Waals surface area contributed by atoms with Crippen molar-refractivity contribution < 1.29 is 18.3 Å². The van der Waals surface area contributed by atoms with E-state index in [-0.39, 0.29) is 6.61 Å². The SMILES string of the molecule is [O]CCN1CCN(CC(F)(F)F)CC1. The van der Waals surface area contributed by atoms with Crippen LogP contribution in [0.4, 0.5) is 13.2 Å². The first-order chi connectivity index (χ1) is 6.51. The molecule has 6 heteroatoms. The Balaban J connectivity index is 2.22. The highest BCUT2D eigenvalue weighted by atomic mass is 19.4. The molecule has 3 nitrogen and oxygen atoms in total. The van der Waals surface area contributed by atoms with Gasteiger partial charge in [0.1, 0.15) is 0 Å².